The molecule has 1 aromatic rings. The number of halogens is 2. The molecule has 2 aliphatic carbocycles. The second-order valence-corrected chi connectivity index (χ2v) is 7.17. The highest BCUT2D eigenvalue weighted by molar-refractivity contribution is 5.91. The number of amides is 1. The van der Waals surface area contributed by atoms with Gasteiger partial charge in [0.2, 0.25) is 0 Å². The van der Waals surface area contributed by atoms with Crippen molar-refractivity contribution in [3.63, 3.8) is 0 Å². The normalized spacial score (nSPS) is 25.2. The maximum absolute atomic E-state index is 12.1. The van der Waals surface area contributed by atoms with Gasteiger partial charge in [0.15, 0.2) is 6.61 Å². The van der Waals surface area contributed by atoms with Gasteiger partial charge in [-0.15, -0.1) is 0 Å². The first-order chi connectivity index (χ1) is 12.4. The fourth-order valence-corrected chi connectivity index (χ4v) is 4.30. The van der Waals surface area contributed by atoms with Crippen molar-refractivity contribution >= 4 is 11.9 Å². The lowest BCUT2D eigenvalue weighted by atomic mass is 9.84. The van der Waals surface area contributed by atoms with Crippen molar-refractivity contribution in [1.29, 1.82) is 0 Å². The Labute approximate surface area is 151 Å². The first-order valence-electron chi connectivity index (χ1n) is 8.93. The summed E-state index contributed by atoms with van der Waals surface area (Å²) in [6, 6.07) is 5.20. The van der Waals surface area contributed by atoms with Crippen LogP contribution in [0.1, 0.15) is 43.0 Å². The van der Waals surface area contributed by atoms with Gasteiger partial charge in [-0.1, -0.05) is 6.42 Å². The number of hydrogen-bond donors (Lipinski definition) is 1. The summed E-state index contributed by atoms with van der Waals surface area (Å²) < 4.78 is 33.4. The minimum Gasteiger partial charge on any atom is -0.452 e. The largest absolute Gasteiger partial charge is 0.452 e. The molecule has 4 unspecified atom stereocenters. The van der Waals surface area contributed by atoms with E-state index in [1.54, 1.807) is 0 Å². The Morgan fingerprint density at radius 2 is 1.92 bits per heavy atom. The first-order valence-corrected chi connectivity index (χ1v) is 8.93. The standard InChI is InChI=1S/C19H23F2NO4/c1-11(16-9-12-2-3-14(16)8-12)22-17(23)10-25-18(24)13-4-6-15(7-5-13)26-19(20)21/h4-7,11-12,14,16,19H,2-3,8-10H2,1H3,(H,22,23). The van der Waals surface area contributed by atoms with Gasteiger partial charge in [0, 0.05) is 6.04 Å². The van der Waals surface area contributed by atoms with Crippen LogP contribution < -0.4 is 10.1 Å². The summed E-state index contributed by atoms with van der Waals surface area (Å²) in [6.07, 6.45) is 4.99. The van der Waals surface area contributed by atoms with Crippen LogP contribution in [-0.2, 0) is 9.53 Å². The molecule has 2 fully saturated rings. The van der Waals surface area contributed by atoms with Crippen molar-refractivity contribution in [3.8, 4) is 5.75 Å². The van der Waals surface area contributed by atoms with E-state index < -0.39 is 12.6 Å². The van der Waals surface area contributed by atoms with E-state index in [1.165, 1.54) is 49.9 Å². The SMILES string of the molecule is CC(NC(=O)COC(=O)c1ccc(OC(F)F)cc1)C1CC2CCC1C2. The summed E-state index contributed by atoms with van der Waals surface area (Å²) in [4.78, 5) is 24.0. The Morgan fingerprint density at radius 3 is 2.50 bits per heavy atom. The van der Waals surface area contributed by atoms with E-state index in [-0.39, 0.29) is 29.9 Å². The van der Waals surface area contributed by atoms with Crippen LogP contribution in [0.15, 0.2) is 24.3 Å². The fraction of sp³-hybridized carbons (Fsp3) is 0.579. The van der Waals surface area contributed by atoms with Gasteiger partial charge in [-0.25, -0.2) is 4.79 Å². The van der Waals surface area contributed by atoms with Crippen LogP contribution in [-0.4, -0.2) is 31.1 Å². The molecule has 1 N–H and O–H groups in total. The summed E-state index contributed by atoms with van der Waals surface area (Å²) in [5.74, 6) is 0.957. The average molecular weight is 367 g/mol. The second-order valence-electron chi connectivity index (χ2n) is 7.17. The molecule has 4 atom stereocenters. The quantitative estimate of drug-likeness (QED) is 0.751. The number of carbonyl (C=O) groups is 2. The van der Waals surface area contributed by atoms with Crippen molar-refractivity contribution in [2.75, 3.05) is 6.61 Å². The zero-order chi connectivity index (χ0) is 18.7. The van der Waals surface area contributed by atoms with Crippen molar-refractivity contribution in [1.82, 2.24) is 5.32 Å². The summed E-state index contributed by atoms with van der Waals surface area (Å²) in [6.45, 7) is -1.28. The van der Waals surface area contributed by atoms with E-state index in [9.17, 15) is 18.4 Å². The summed E-state index contributed by atoms with van der Waals surface area (Å²) in [5, 5.41) is 2.92. The van der Waals surface area contributed by atoms with Crippen LogP contribution in [0.5, 0.6) is 5.75 Å². The fourth-order valence-electron chi connectivity index (χ4n) is 4.30. The van der Waals surface area contributed by atoms with Crippen LogP contribution in [0.4, 0.5) is 8.78 Å². The third kappa shape index (κ3) is 4.51. The van der Waals surface area contributed by atoms with Crippen molar-refractivity contribution < 1.29 is 27.8 Å². The number of hydrogen-bond acceptors (Lipinski definition) is 4. The Balaban J connectivity index is 1.43. The van der Waals surface area contributed by atoms with Gasteiger partial charge < -0.3 is 14.8 Å². The number of carbonyl (C=O) groups excluding carboxylic acids is 2. The van der Waals surface area contributed by atoms with Crippen molar-refractivity contribution in [2.24, 2.45) is 17.8 Å². The summed E-state index contributed by atoms with van der Waals surface area (Å²) in [7, 11) is 0. The third-order valence-corrected chi connectivity index (χ3v) is 5.47. The minimum absolute atomic E-state index is 0.0472. The highest BCUT2D eigenvalue weighted by Gasteiger charge is 2.42. The zero-order valence-corrected chi connectivity index (χ0v) is 14.6. The smallest absolute Gasteiger partial charge is 0.387 e. The van der Waals surface area contributed by atoms with E-state index in [2.05, 4.69) is 10.1 Å². The number of esters is 1. The predicted octanol–water partition coefficient (Wildman–Crippen LogP) is 3.39. The molecule has 26 heavy (non-hydrogen) atoms. The average Bonchev–Trinajstić information content (AvgIpc) is 3.23. The van der Waals surface area contributed by atoms with Gasteiger partial charge in [0.05, 0.1) is 5.56 Å². The highest BCUT2D eigenvalue weighted by Crippen LogP contribution is 2.49. The van der Waals surface area contributed by atoms with E-state index in [4.69, 9.17) is 4.74 Å². The number of fused-ring (bicyclic) bond motifs is 2. The molecule has 2 aliphatic rings. The number of benzene rings is 1. The van der Waals surface area contributed by atoms with Crippen LogP contribution in [0.3, 0.4) is 0 Å². The molecule has 3 rings (SSSR count). The minimum atomic E-state index is -2.92. The Kier molecular flexibility index (Phi) is 5.74. The van der Waals surface area contributed by atoms with Crippen LogP contribution in [0.25, 0.3) is 0 Å². The number of nitrogens with one attached hydrogen (secondary N) is 1. The second kappa shape index (κ2) is 8.01. The molecule has 0 spiro atoms. The number of rotatable bonds is 7. The molecule has 7 heteroatoms. The molecule has 0 saturated heterocycles. The van der Waals surface area contributed by atoms with Gasteiger partial charge >= 0.3 is 12.6 Å². The lowest BCUT2D eigenvalue weighted by Crippen LogP contribution is -2.42. The summed E-state index contributed by atoms with van der Waals surface area (Å²) >= 11 is 0. The molecule has 1 aromatic carbocycles. The Morgan fingerprint density at radius 1 is 1.19 bits per heavy atom. The van der Waals surface area contributed by atoms with E-state index in [0.29, 0.717) is 11.8 Å². The topological polar surface area (TPSA) is 64.6 Å². The van der Waals surface area contributed by atoms with Crippen LogP contribution >= 0.6 is 0 Å². The first kappa shape index (κ1) is 18.6. The Bertz CT molecular complexity index is 649. The zero-order valence-electron chi connectivity index (χ0n) is 14.6. The molecule has 0 heterocycles. The lowest BCUT2D eigenvalue weighted by molar-refractivity contribution is -0.125. The number of alkyl halides is 2. The number of ether oxygens (including phenoxy) is 2. The monoisotopic (exact) mass is 367 g/mol. The van der Waals surface area contributed by atoms with Crippen molar-refractivity contribution in [3.05, 3.63) is 29.8 Å². The predicted molar refractivity (Wildman–Crippen MR) is 89.9 cm³/mol. The third-order valence-electron chi connectivity index (χ3n) is 5.47. The maximum Gasteiger partial charge on any atom is 0.387 e. The van der Waals surface area contributed by atoms with Gasteiger partial charge in [-0.3, -0.25) is 4.79 Å². The van der Waals surface area contributed by atoms with Gasteiger partial charge in [0.25, 0.3) is 5.91 Å². The summed E-state index contributed by atoms with van der Waals surface area (Å²) in [5.41, 5.74) is 0.167. The van der Waals surface area contributed by atoms with Gasteiger partial charge in [-0.05, 0) is 68.2 Å². The highest BCUT2D eigenvalue weighted by atomic mass is 19.3. The van der Waals surface area contributed by atoms with Gasteiger partial charge in [0.1, 0.15) is 5.75 Å². The molecule has 1 amide bonds. The molecular weight excluding hydrogens is 344 g/mol. The van der Waals surface area contributed by atoms with Crippen LogP contribution in [0.2, 0.25) is 0 Å². The lowest BCUT2D eigenvalue weighted by Gasteiger charge is -2.28. The van der Waals surface area contributed by atoms with E-state index in [0.717, 1.165) is 5.92 Å². The molecule has 0 aromatic heterocycles. The van der Waals surface area contributed by atoms with E-state index in [1.807, 2.05) is 6.92 Å². The molecule has 2 bridgehead atoms. The van der Waals surface area contributed by atoms with Gasteiger partial charge in [-0.2, -0.15) is 8.78 Å². The molecule has 0 radical (unpaired) electrons. The molecular formula is C19H23F2NO4. The maximum atomic E-state index is 12.1. The molecule has 142 valence electrons. The Hall–Kier alpha value is -2.18. The molecule has 5 nitrogen and oxygen atoms in total. The van der Waals surface area contributed by atoms with Crippen molar-refractivity contribution in [2.45, 2.75) is 45.3 Å². The molecule has 2 saturated carbocycles. The van der Waals surface area contributed by atoms with Crippen LogP contribution in [0, 0.1) is 17.8 Å². The molecule has 0 aliphatic heterocycles. The van der Waals surface area contributed by atoms with E-state index >= 15 is 0 Å².